The Morgan fingerprint density at radius 2 is 2.31 bits per heavy atom. The summed E-state index contributed by atoms with van der Waals surface area (Å²) in [5.74, 6) is -0.0363. The molecule has 0 unspecified atom stereocenters. The van der Waals surface area contributed by atoms with E-state index in [2.05, 4.69) is 10.3 Å². The van der Waals surface area contributed by atoms with E-state index in [9.17, 15) is 4.79 Å². The van der Waals surface area contributed by atoms with Crippen LogP contribution in [0.5, 0.6) is 0 Å². The molecule has 1 aromatic rings. The van der Waals surface area contributed by atoms with Crippen LogP contribution in [-0.2, 0) is 4.79 Å². The van der Waals surface area contributed by atoms with Crippen molar-refractivity contribution in [2.45, 2.75) is 13.3 Å². The molecule has 0 aliphatic rings. The third kappa shape index (κ3) is 4.21. The molecule has 0 spiro atoms. The normalized spacial score (nSPS) is 10.7. The van der Waals surface area contributed by atoms with Crippen molar-refractivity contribution in [3.8, 4) is 0 Å². The van der Waals surface area contributed by atoms with Gasteiger partial charge in [0.2, 0.25) is 5.91 Å². The molecule has 86 valence electrons. The summed E-state index contributed by atoms with van der Waals surface area (Å²) in [4.78, 5) is 14.5. The second kappa shape index (κ2) is 6.51. The Kier molecular flexibility index (Phi) is 5.29. The molecule has 5 heteroatoms. The molecule has 1 N–H and O–H groups in total. The average molecular weight is 259 g/mol. The predicted molar refractivity (Wildman–Crippen MR) is 66.6 cm³/mol. The molecule has 1 aromatic heterocycles. The molecular formula is C11H12Cl2N2O. The SMILES string of the molecule is CC(=O)NCCC=Cc1c(Cl)ccnc1Cl. The molecule has 1 amide bonds. The maximum Gasteiger partial charge on any atom is 0.216 e. The Labute approximate surface area is 104 Å². The molecule has 0 atom stereocenters. The van der Waals surface area contributed by atoms with Crippen molar-refractivity contribution in [3.05, 3.63) is 34.1 Å². The lowest BCUT2D eigenvalue weighted by Gasteiger charge is -2.00. The quantitative estimate of drug-likeness (QED) is 0.667. The highest BCUT2D eigenvalue weighted by atomic mass is 35.5. The average Bonchev–Trinajstić information content (AvgIpc) is 2.21. The molecular weight excluding hydrogens is 247 g/mol. The number of hydrogen-bond donors (Lipinski definition) is 1. The summed E-state index contributed by atoms with van der Waals surface area (Å²) in [7, 11) is 0. The highest BCUT2D eigenvalue weighted by molar-refractivity contribution is 6.36. The number of hydrogen-bond acceptors (Lipinski definition) is 2. The summed E-state index contributed by atoms with van der Waals surface area (Å²) in [5.41, 5.74) is 0.702. The van der Waals surface area contributed by atoms with Crippen LogP contribution in [0.3, 0.4) is 0 Å². The van der Waals surface area contributed by atoms with E-state index in [1.54, 1.807) is 18.3 Å². The molecule has 1 heterocycles. The summed E-state index contributed by atoms with van der Waals surface area (Å²) in [6.45, 7) is 2.08. The zero-order valence-electron chi connectivity index (χ0n) is 8.84. The Morgan fingerprint density at radius 1 is 1.56 bits per heavy atom. The number of carbonyl (C=O) groups is 1. The van der Waals surface area contributed by atoms with Crippen LogP contribution in [0.1, 0.15) is 18.9 Å². The Bertz CT molecular complexity index is 385. The topological polar surface area (TPSA) is 42.0 Å². The van der Waals surface area contributed by atoms with E-state index >= 15 is 0 Å². The van der Waals surface area contributed by atoms with Crippen LogP contribution in [0.4, 0.5) is 0 Å². The van der Waals surface area contributed by atoms with Crippen molar-refractivity contribution in [1.29, 1.82) is 0 Å². The van der Waals surface area contributed by atoms with Crippen molar-refractivity contribution in [1.82, 2.24) is 10.3 Å². The summed E-state index contributed by atoms with van der Waals surface area (Å²) < 4.78 is 0. The molecule has 0 fully saturated rings. The van der Waals surface area contributed by atoms with Crippen LogP contribution in [-0.4, -0.2) is 17.4 Å². The van der Waals surface area contributed by atoms with Gasteiger partial charge in [-0.1, -0.05) is 35.4 Å². The van der Waals surface area contributed by atoms with Gasteiger partial charge in [-0.2, -0.15) is 0 Å². The number of amides is 1. The van der Waals surface area contributed by atoms with Gasteiger partial charge in [0.15, 0.2) is 0 Å². The molecule has 0 aliphatic heterocycles. The summed E-state index contributed by atoms with van der Waals surface area (Å²) in [6, 6.07) is 1.68. The van der Waals surface area contributed by atoms with Crippen LogP contribution in [0, 0.1) is 0 Å². The fourth-order valence-electron chi connectivity index (χ4n) is 1.11. The van der Waals surface area contributed by atoms with E-state index in [1.807, 2.05) is 6.08 Å². The second-order valence-electron chi connectivity index (χ2n) is 3.17. The molecule has 0 aliphatic carbocycles. The lowest BCUT2D eigenvalue weighted by molar-refractivity contribution is -0.118. The van der Waals surface area contributed by atoms with Crippen LogP contribution in [0.15, 0.2) is 18.3 Å². The van der Waals surface area contributed by atoms with Gasteiger partial charge in [-0.25, -0.2) is 4.98 Å². The Morgan fingerprint density at radius 3 is 2.94 bits per heavy atom. The predicted octanol–water partition coefficient (Wildman–Crippen LogP) is 2.93. The van der Waals surface area contributed by atoms with Gasteiger partial charge >= 0.3 is 0 Å². The molecule has 0 aromatic carbocycles. The highest BCUT2D eigenvalue weighted by Gasteiger charge is 2.01. The first kappa shape index (κ1) is 13.0. The highest BCUT2D eigenvalue weighted by Crippen LogP contribution is 2.23. The molecule has 0 saturated heterocycles. The van der Waals surface area contributed by atoms with Gasteiger partial charge in [-0.3, -0.25) is 4.79 Å². The van der Waals surface area contributed by atoms with E-state index in [0.717, 1.165) is 6.42 Å². The Balaban J connectivity index is 2.53. The maximum absolute atomic E-state index is 10.6. The van der Waals surface area contributed by atoms with E-state index < -0.39 is 0 Å². The molecule has 1 rings (SSSR count). The van der Waals surface area contributed by atoms with Gasteiger partial charge in [-0.05, 0) is 12.5 Å². The van der Waals surface area contributed by atoms with Gasteiger partial charge in [0.25, 0.3) is 0 Å². The minimum absolute atomic E-state index is 0.0363. The molecule has 16 heavy (non-hydrogen) atoms. The van der Waals surface area contributed by atoms with Gasteiger partial charge < -0.3 is 5.32 Å². The zero-order valence-corrected chi connectivity index (χ0v) is 10.3. The lowest BCUT2D eigenvalue weighted by Crippen LogP contribution is -2.20. The largest absolute Gasteiger partial charge is 0.356 e. The maximum atomic E-state index is 10.6. The lowest BCUT2D eigenvalue weighted by atomic mass is 10.2. The van der Waals surface area contributed by atoms with Crippen molar-refractivity contribution in [2.75, 3.05) is 6.54 Å². The third-order valence-electron chi connectivity index (χ3n) is 1.86. The number of aromatic nitrogens is 1. The van der Waals surface area contributed by atoms with Crippen LogP contribution >= 0.6 is 23.2 Å². The van der Waals surface area contributed by atoms with Crippen molar-refractivity contribution in [3.63, 3.8) is 0 Å². The standard InChI is InChI=1S/C11H12Cl2N2O/c1-8(16)14-6-3-2-4-9-10(12)5-7-15-11(9)13/h2,4-5,7H,3,6H2,1H3,(H,14,16). The first-order chi connectivity index (χ1) is 7.61. The minimum Gasteiger partial charge on any atom is -0.356 e. The number of halogens is 2. The van der Waals surface area contributed by atoms with Crippen molar-refractivity contribution >= 4 is 35.2 Å². The van der Waals surface area contributed by atoms with E-state index in [-0.39, 0.29) is 5.91 Å². The first-order valence-electron chi connectivity index (χ1n) is 4.82. The third-order valence-corrected chi connectivity index (χ3v) is 2.49. The van der Waals surface area contributed by atoms with E-state index in [0.29, 0.717) is 22.3 Å². The van der Waals surface area contributed by atoms with Gasteiger partial charge in [0, 0.05) is 25.2 Å². The minimum atomic E-state index is -0.0363. The van der Waals surface area contributed by atoms with Crippen LogP contribution < -0.4 is 5.32 Å². The number of nitrogens with one attached hydrogen (secondary N) is 1. The zero-order chi connectivity index (χ0) is 12.0. The molecule has 0 saturated carbocycles. The number of rotatable bonds is 4. The number of pyridine rings is 1. The Hall–Kier alpha value is -1.06. The van der Waals surface area contributed by atoms with Gasteiger partial charge in [0.05, 0.1) is 5.02 Å². The van der Waals surface area contributed by atoms with Gasteiger partial charge in [-0.15, -0.1) is 0 Å². The van der Waals surface area contributed by atoms with Crippen LogP contribution in [0.2, 0.25) is 10.2 Å². The first-order valence-corrected chi connectivity index (χ1v) is 5.58. The fourth-order valence-corrected chi connectivity index (χ4v) is 1.59. The number of nitrogens with zero attached hydrogens (tertiary/aromatic N) is 1. The van der Waals surface area contributed by atoms with Crippen LogP contribution in [0.25, 0.3) is 6.08 Å². The molecule has 0 radical (unpaired) electrons. The summed E-state index contributed by atoms with van der Waals surface area (Å²) >= 11 is 11.8. The second-order valence-corrected chi connectivity index (χ2v) is 3.94. The van der Waals surface area contributed by atoms with E-state index in [1.165, 1.54) is 6.92 Å². The van der Waals surface area contributed by atoms with E-state index in [4.69, 9.17) is 23.2 Å². The summed E-state index contributed by atoms with van der Waals surface area (Å²) in [5, 5.41) is 3.63. The fraction of sp³-hybridized carbons (Fsp3) is 0.273. The smallest absolute Gasteiger partial charge is 0.216 e. The number of carbonyl (C=O) groups excluding carboxylic acids is 1. The van der Waals surface area contributed by atoms with Crippen molar-refractivity contribution in [2.24, 2.45) is 0 Å². The molecule has 0 bridgehead atoms. The van der Waals surface area contributed by atoms with Crippen molar-refractivity contribution < 1.29 is 4.79 Å². The monoisotopic (exact) mass is 258 g/mol. The summed E-state index contributed by atoms with van der Waals surface area (Å²) in [6.07, 6.45) is 5.98. The van der Waals surface area contributed by atoms with Gasteiger partial charge in [0.1, 0.15) is 5.15 Å². The molecule has 3 nitrogen and oxygen atoms in total.